The number of hydrogen-bond acceptors (Lipinski definition) is 10. The van der Waals surface area contributed by atoms with E-state index in [2.05, 4.69) is 20.8 Å². The zero-order chi connectivity index (χ0) is 39.6. The highest BCUT2D eigenvalue weighted by Crippen LogP contribution is 2.40. The van der Waals surface area contributed by atoms with Gasteiger partial charge in [-0.2, -0.15) is 18.4 Å². The van der Waals surface area contributed by atoms with Crippen LogP contribution in [0.15, 0.2) is 59.1 Å². The van der Waals surface area contributed by atoms with Crippen molar-refractivity contribution in [2.24, 2.45) is 0 Å². The van der Waals surface area contributed by atoms with E-state index in [9.17, 15) is 28.3 Å². The van der Waals surface area contributed by atoms with Gasteiger partial charge in [0, 0.05) is 62.2 Å². The molecule has 2 fully saturated rings. The molecular weight excluding hydrogens is 725 g/mol. The predicted molar refractivity (Wildman–Crippen MR) is 202 cm³/mol. The van der Waals surface area contributed by atoms with Gasteiger partial charge in [-0.05, 0) is 84.5 Å². The van der Waals surface area contributed by atoms with Gasteiger partial charge < -0.3 is 19.0 Å². The minimum atomic E-state index is -4.68. The van der Waals surface area contributed by atoms with Crippen LogP contribution in [0.4, 0.5) is 18.9 Å². The van der Waals surface area contributed by atoms with E-state index >= 15 is 0 Å². The summed E-state index contributed by atoms with van der Waals surface area (Å²) >= 11 is 0. The summed E-state index contributed by atoms with van der Waals surface area (Å²) in [6.07, 6.45) is 0.104. The molecule has 1 N–H and O–H groups in total. The number of β-amino-alcohol motifs (C(OH)–C–C–N with tert-alkyl or cyclic N) is 1. The molecule has 0 radical (unpaired) electrons. The van der Waals surface area contributed by atoms with E-state index in [-0.39, 0.29) is 41.1 Å². The Kier molecular flexibility index (Phi) is 10.9. The maximum absolute atomic E-state index is 14.4. The number of benzene rings is 3. The second kappa shape index (κ2) is 16.0. The van der Waals surface area contributed by atoms with E-state index in [1.165, 1.54) is 31.5 Å². The number of aliphatic hydroxyl groups is 1. The molecular formula is C42H37F3N6O5. The Bertz CT molecular complexity index is 2410. The number of aliphatic hydroxyl groups excluding tert-OH is 1. The summed E-state index contributed by atoms with van der Waals surface area (Å²) in [5.74, 6) is 0.561. The van der Waals surface area contributed by atoms with Gasteiger partial charge in [0.1, 0.15) is 17.9 Å². The van der Waals surface area contributed by atoms with Crippen LogP contribution in [-0.4, -0.2) is 76.8 Å². The average Bonchev–Trinajstić information content (AvgIpc) is 3.93. The number of nitriles is 1. The summed E-state index contributed by atoms with van der Waals surface area (Å²) in [6.45, 7) is 13.2. The lowest BCUT2D eigenvalue weighted by Gasteiger charge is -2.20. The number of likely N-dealkylation sites (tertiary alicyclic amines) is 2. The quantitative estimate of drug-likeness (QED) is 0.105. The number of carbonyl (C=O) groups excluding carboxylic acids is 1. The third-order valence-corrected chi connectivity index (χ3v) is 10.3. The lowest BCUT2D eigenvalue weighted by molar-refractivity contribution is -0.138. The molecule has 2 aliphatic heterocycles. The molecule has 0 aliphatic carbocycles. The van der Waals surface area contributed by atoms with Crippen LogP contribution >= 0.6 is 0 Å². The second-order valence-corrected chi connectivity index (χ2v) is 13.9. The average molecular weight is 763 g/mol. The number of fused-ring (bicyclic) bond motifs is 1. The lowest BCUT2D eigenvalue weighted by Crippen LogP contribution is -2.22. The Balaban J connectivity index is 1.20. The molecule has 4 heterocycles. The summed E-state index contributed by atoms with van der Waals surface area (Å²) in [5, 5.41) is 20.3. The number of halogens is 3. The summed E-state index contributed by atoms with van der Waals surface area (Å²) in [4.78, 5) is 27.6. The van der Waals surface area contributed by atoms with Crippen molar-refractivity contribution in [3.05, 3.63) is 105 Å². The fourth-order valence-corrected chi connectivity index (χ4v) is 7.56. The van der Waals surface area contributed by atoms with E-state index in [1.54, 1.807) is 18.2 Å². The summed E-state index contributed by atoms with van der Waals surface area (Å²) in [6, 6.07) is 15.4. The van der Waals surface area contributed by atoms with Crippen molar-refractivity contribution in [1.82, 2.24) is 19.8 Å². The molecule has 5 aromatic rings. The third kappa shape index (κ3) is 7.86. The number of carbonyl (C=O) groups is 1. The third-order valence-electron chi connectivity index (χ3n) is 10.3. The number of oxazole rings is 1. The molecule has 2 aromatic heterocycles. The number of nitrogens with zero attached hydrogens (tertiary/aromatic N) is 6. The molecule has 286 valence electrons. The molecule has 0 saturated carbocycles. The number of rotatable bonds is 11. The topological polar surface area (TPSA) is 129 Å². The molecule has 56 heavy (non-hydrogen) atoms. The summed E-state index contributed by atoms with van der Waals surface area (Å²) in [7, 11) is 1.40. The molecule has 7 rings (SSSR count). The largest absolute Gasteiger partial charge is 0.496 e. The first-order chi connectivity index (χ1) is 27.0. The Labute approximate surface area is 321 Å². The van der Waals surface area contributed by atoms with Crippen LogP contribution < -0.4 is 4.74 Å². The number of aromatic nitrogens is 2. The first-order valence-electron chi connectivity index (χ1n) is 18.0. The maximum Gasteiger partial charge on any atom is 0.417 e. The number of pyridine rings is 1. The van der Waals surface area contributed by atoms with Crippen LogP contribution in [0.5, 0.6) is 5.75 Å². The van der Waals surface area contributed by atoms with Crippen molar-refractivity contribution in [1.29, 1.82) is 5.26 Å². The first kappa shape index (κ1) is 38.2. The van der Waals surface area contributed by atoms with Gasteiger partial charge in [-0.15, -0.1) is 0 Å². The van der Waals surface area contributed by atoms with Gasteiger partial charge in [0.05, 0.1) is 42.1 Å². The van der Waals surface area contributed by atoms with E-state index in [1.807, 2.05) is 30.0 Å². The van der Waals surface area contributed by atoms with E-state index in [0.29, 0.717) is 78.1 Å². The van der Waals surface area contributed by atoms with Gasteiger partial charge in [-0.3, -0.25) is 19.6 Å². The van der Waals surface area contributed by atoms with Gasteiger partial charge in [0.2, 0.25) is 11.6 Å². The highest BCUT2D eigenvalue weighted by molar-refractivity contribution is 5.90. The smallest absolute Gasteiger partial charge is 0.417 e. The number of ether oxygens (including phenoxy) is 2. The Morgan fingerprint density at radius 3 is 2.57 bits per heavy atom. The minimum Gasteiger partial charge on any atom is -0.496 e. The zero-order valence-corrected chi connectivity index (χ0v) is 30.6. The molecule has 14 heteroatoms. The minimum absolute atomic E-state index is 0.150. The molecule has 0 unspecified atom stereocenters. The van der Waals surface area contributed by atoms with Gasteiger partial charge in [0.15, 0.2) is 5.58 Å². The van der Waals surface area contributed by atoms with E-state index < -0.39 is 17.8 Å². The standard InChI is InChI=1S/C42H37F3N6O5/c1-25-31(5-4-6-32(25)41-49-38-16-26(15-37(47-2)40(38)56-41)20-50-14-11-30(23-50)55-24-52)33-9-12-48-36(34(33)19-46)8-7-27-18-39(54-3)28(17-35(27)42(43,44)45)21-51-13-10-29(53)22-51/h4-9,12,15-18,24,29-30,53H,10-11,13-14,20-23H2,1,3H3/b8-7+/t29-,30-/m1/s1. The number of methoxy groups -OCH3 is 1. The van der Waals surface area contributed by atoms with Crippen LogP contribution in [0.3, 0.4) is 0 Å². The van der Waals surface area contributed by atoms with E-state index in [4.69, 9.17) is 25.4 Å². The molecule has 11 nitrogen and oxygen atoms in total. The highest BCUT2D eigenvalue weighted by Gasteiger charge is 2.35. The van der Waals surface area contributed by atoms with Crippen molar-refractivity contribution < 1.29 is 37.0 Å². The fraction of sp³-hybridized carbons (Fsp3) is 0.310. The van der Waals surface area contributed by atoms with Crippen molar-refractivity contribution in [2.75, 3.05) is 33.3 Å². The van der Waals surface area contributed by atoms with Crippen molar-refractivity contribution in [3.8, 4) is 34.4 Å². The highest BCUT2D eigenvalue weighted by atomic mass is 19.4. The monoisotopic (exact) mass is 762 g/mol. The fourth-order valence-electron chi connectivity index (χ4n) is 7.56. The molecule has 2 atom stereocenters. The lowest BCUT2D eigenvalue weighted by atomic mass is 9.93. The normalized spacial score (nSPS) is 17.7. The molecule has 3 aromatic carbocycles. The van der Waals surface area contributed by atoms with Gasteiger partial charge in [-0.25, -0.2) is 9.83 Å². The van der Waals surface area contributed by atoms with Crippen molar-refractivity contribution >= 4 is 35.4 Å². The van der Waals surface area contributed by atoms with Crippen LogP contribution in [0, 0.1) is 24.8 Å². The Morgan fingerprint density at radius 1 is 1.07 bits per heavy atom. The molecule has 0 amide bonds. The van der Waals surface area contributed by atoms with Crippen LogP contribution in [0.1, 0.15) is 51.9 Å². The molecule has 2 aliphatic rings. The number of alkyl halides is 3. The summed E-state index contributed by atoms with van der Waals surface area (Å²) < 4.78 is 60.1. The van der Waals surface area contributed by atoms with Gasteiger partial charge >= 0.3 is 6.18 Å². The Hall–Kier alpha value is -6.06. The van der Waals surface area contributed by atoms with Crippen LogP contribution in [0.25, 0.3) is 50.7 Å². The first-order valence-corrected chi connectivity index (χ1v) is 18.0. The molecule has 0 spiro atoms. The summed E-state index contributed by atoms with van der Waals surface area (Å²) in [5.41, 5.74) is 4.27. The van der Waals surface area contributed by atoms with Gasteiger partial charge in [-0.1, -0.05) is 18.2 Å². The SMILES string of the molecule is [C-]#[N+]c1cc(CN2CC[C@@H](OC=O)C2)cc2nc(-c3cccc(-c4ccnc(/C=C/c5cc(OC)c(CN6CC[C@@H](O)C6)cc5C(F)(F)F)c4C#N)c3C)oc12. The number of hydrogen-bond donors (Lipinski definition) is 1. The van der Waals surface area contributed by atoms with Crippen LogP contribution in [0.2, 0.25) is 0 Å². The molecule has 0 bridgehead atoms. The van der Waals surface area contributed by atoms with Gasteiger partial charge in [0.25, 0.3) is 6.47 Å². The predicted octanol–water partition coefficient (Wildman–Crippen LogP) is 7.80. The second-order valence-electron chi connectivity index (χ2n) is 13.9. The van der Waals surface area contributed by atoms with Crippen molar-refractivity contribution in [3.63, 3.8) is 0 Å². The van der Waals surface area contributed by atoms with Crippen LogP contribution in [-0.2, 0) is 28.8 Å². The maximum atomic E-state index is 14.4. The molecule has 2 saturated heterocycles. The Morgan fingerprint density at radius 2 is 1.86 bits per heavy atom. The van der Waals surface area contributed by atoms with Crippen molar-refractivity contribution in [2.45, 2.75) is 51.2 Å². The zero-order valence-electron chi connectivity index (χ0n) is 30.6. The van der Waals surface area contributed by atoms with E-state index in [0.717, 1.165) is 30.2 Å².